The summed E-state index contributed by atoms with van der Waals surface area (Å²) < 4.78 is 0. The quantitative estimate of drug-likeness (QED) is 0.181. The van der Waals surface area contributed by atoms with Gasteiger partial charge in [0.25, 0.3) is 0 Å². The van der Waals surface area contributed by atoms with Gasteiger partial charge in [0.05, 0.1) is 6.04 Å². The van der Waals surface area contributed by atoms with Crippen LogP contribution in [-0.2, 0) is 30.4 Å². The van der Waals surface area contributed by atoms with Crippen molar-refractivity contribution in [3.63, 3.8) is 0 Å². The fourth-order valence-electron chi connectivity index (χ4n) is 3.16. The molecule has 0 saturated heterocycles. The zero-order chi connectivity index (χ0) is 26.7. The fraction of sp³-hybridized carbons (Fsp3) is 0.522. The van der Waals surface area contributed by atoms with Crippen molar-refractivity contribution in [1.82, 2.24) is 16.0 Å². The van der Waals surface area contributed by atoms with Gasteiger partial charge in [-0.2, -0.15) is 0 Å². The van der Waals surface area contributed by atoms with E-state index in [9.17, 15) is 34.2 Å². The highest BCUT2D eigenvalue weighted by molar-refractivity contribution is 5.94. The molecule has 0 spiro atoms. The topological polar surface area (TPSA) is 208 Å². The molecule has 8 N–H and O–H groups in total. The molecular weight excluding hydrogens is 460 g/mol. The van der Waals surface area contributed by atoms with Gasteiger partial charge >= 0.3 is 11.9 Å². The van der Waals surface area contributed by atoms with Crippen LogP contribution in [0.15, 0.2) is 24.3 Å². The number of carbonyl (C=O) groups excluding carboxylic acids is 3. The van der Waals surface area contributed by atoms with E-state index < -0.39 is 60.2 Å². The van der Waals surface area contributed by atoms with Crippen molar-refractivity contribution >= 4 is 29.7 Å². The molecule has 1 aromatic carbocycles. The molecule has 1 aromatic rings. The van der Waals surface area contributed by atoms with Crippen molar-refractivity contribution in [2.24, 2.45) is 11.7 Å². The summed E-state index contributed by atoms with van der Waals surface area (Å²) >= 11 is 0. The zero-order valence-corrected chi connectivity index (χ0v) is 20.0. The second kappa shape index (κ2) is 13.9. The Kier molecular flexibility index (Phi) is 11.7. The van der Waals surface area contributed by atoms with E-state index >= 15 is 0 Å². The number of carbonyl (C=O) groups is 5. The number of rotatable bonds is 14. The number of nitrogens with two attached hydrogens (primary N) is 1. The third kappa shape index (κ3) is 10.9. The third-order valence-corrected chi connectivity index (χ3v) is 5.08. The second-order valence-corrected chi connectivity index (χ2v) is 8.73. The lowest BCUT2D eigenvalue weighted by Crippen LogP contribution is -2.56. The summed E-state index contributed by atoms with van der Waals surface area (Å²) in [6.45, 7) is 4.93. The highest BCUT2D eigenvalue weighted by atomic mass is 16.4. The maximum atomic E-state index is 12.7. The first-order chi connectivity index (χ1) is 16.3. The monoisotopic (exact) mass is 494 g/mol. The van der Waals surface area contributed by atoms with Gasteiger partial charge in [-0.1, -0.05) is 26.0 Å². The highest BCUT2D eigenvalue weighted by Crippen LogP contribution is 2.11. The van der Waals surface area contributed by atoms with Crippen molar-refractivity contribution in [2.75, 3.05) is 0 Å². The van der Waals surface area contributed by atoms with Crippen molar-refractivity contribution in [2.45, 2.75) is 70.6 Å². The van der Waals surface area contributed by atoms with Crippen LogP contribution < -0.4 is 21.7 Å². The predicted molar refractivity (Wildman–Crippen MR) is 125 cm³/mol. The second-order valence-electron chi connectivity index (χ2n) is 8.73. The molecule has 3 amide bonds. The minimum atomic E-state index is -1.32. The minimum Gasteiger partial charge on any atom is -0.508 e. The lowest BCUT2D eigenvalue weighted by molar-refractivity contribution is -0.143. The Morgan fingerprint density at radius 3 is 1.94 bits per heavy atom. The fourth-order valence-corrected chi connectivity index (χ4v) is 3.16. The Hall–Kier alpha value is -3.67. The number of aliphatic carboxylic acids is 2. The number of benzene rings is 1. The molecule has 0 radical (unpaired) electrons. The Morgan fingerprint density at radius 2 is 1.43 bits per heavy atom. The molecule has 0 fully saturated rings. The number of amides is 3. The van der Waals surface area contributed by atoms with E-state index in [0.717, 1.165) is 0 Å². The molecule has 0 heterocycles. The van der Waals surface area contributed by atoms with E-state index in [0.29, 0.717) is 5.56 Å². The first kappa shape index (κ1) is 29.4. The van der Waals surface area contributed by atoms with Crippen LogP contribution >= 0.6 is 0 Å². The third-order valence-electron chi connectivity index (χ3n) is 5.08. The van der Waals surface area contributed by atoms with Gasteiger partial charge in [0.1, 0.15) is 23.9 Å². The van der Waals surface area contributed by atoms with Crippen LogP contribution in [0.5, 0.6) is 5.75 Å². The lowest BCUT2D eigenvalue weighted by Gasteiger charge is -2.24. The van der Waals surface area contributed by atoms with Crippen molar-refractivity contribution < 1.29 is 39.3 Å². The molecule has 4 atom stereocenters. The van der Waals surface area contributed by atoms with Gasteiger partial charge < -0.3 is 37.0 Å². The molecule has 35 heavy (non-hydrogen) atoms. The van der Waals surface area contributed by atoms with E-state index in [-0.39, 0.29) is 30.9 Å². The van der Waals surface area contributed by atoms with Crippen LogP contribution in [0.2, 0.25) is 0 Å². The predicted octanol–water partition coefficient (Wildman–Crippen LogP) is -0.268. The molecule has 194 valence electrons. The normalized spacial score (nSPS) is 14.3. The van der Waals surface area contributed by atoms with Crippen LogP contribution in [0.4, 0.5) is 0 Å². The zero-order valence-electron chi connectivity index (χ0n) is 20.0. The molecule has 12 nitrogen and oxygen atoms in total. The van der Waals surface area contributed by atoms with Gasteiger partial charge in [0, 0.05) is 6.42 Å². The molecule has 12 heteroatoms. The van der Waals surface area contributed by atoms with Gasteiger partial charge in [-0.25, -0.2) is 4.79 Å². The smallest absolute Gasteiger partial charge is 0.326 e. The maximum Gasteiger partial charge on any atom is 0.326 e. The van der Waals surface area contributed by atoms with Gasteiger partial charge in [-0.15, -0.1) is 0 Å². The maximum absolute atomic E-state index is 12.7. The first-order valence-corrected chi connectivity index (χ1v) is 11.2. The average Bonchev–Trinajstić information content (AvgIpc) is 2.76. The van der Waals surface area contributed by atoms with Crippen molar-refractivity contribution in [1.29, 1.82) is 0 Å². The summed E-state index contributed by atoms with van der Waals surface area (Å²) in [7, 11) is 0. The number of carboxylic acids is 2. The van der Waals surface area contributed by atoms with Crippen LogP contribution in [0.1, 0.15) is 45.6 Å². The number of hydrogen-bond acceptors (Lipinski definition) is 7. The van der Waals surface area contributed by atoms with E-state index in [1.807, 2.05) is 0 Å². The number of nitrogens with one attached hydrogen (secondary N) is 3. The molecule has 4 unspecified atom stereocenters. The first-order valence-electron chi connectivity index (χ1n) is 11.2. The van der Waals surface area contributed by atoms with Crippen LogP contribution in [0.3, 0.4) is 0 Å². The van der Waals surface area contributed by atoms with Crippen molar-refractivity contribution in [3.05, 3.63) is 29.8 Å². The molecule has 0 aliphatic carbocycles. The molecule has 0 saturated carbocycles. The number of hydrogen-bond donors (Lipinski definition) is 7. The number of carboxylic acid groups (broad SMARTS) is 2. The number of phenolic OH excluding ortho intramolecular Hbond substituents is 1. The molecule has 0 bridgehead atoms. The van der Waals surface area contributed by atoms with Crippen LogP contribution in [0.25, 0.3) is 0 Å². The van der Waals surface area contributed by atoms with E-state index in [2.05, 4.69) is 16.0 Å². The Bertz CT molecular complexity index is 903. The summed E-state index contributed by atoms with van der Waals surface area (Å²) in [5.74, 6) is -4.65. The van der Waals surface area contributed by atoms with E-state index in [4.69, 9.17) is 10.8 Å². The van der Waals surface area contributed by atoms with Gasteiger partial charge in [-0.05, 0) is 49.8 Å². The Labute approximate surface area is 203 Å². The largest absolute Gasteiger partial charge is 0.508 e. The molecular formula is C23H34N4O8. The summed E-state index contributed by atoms with van der Waals surface area (Å²) in [4.78, 5) is 60.1. The Balaban J connectivity index is 2.78. The van der Waals surface area contributed by atoms with Gasteiger partial charge in [0.2, 0.25) is 17.7 Å². The standard InChI is InChI=1S/C23H34N4O8/c1-12(2)10-18(23(34)35)27-22(33)17(8-9-19(29)30)26-20(31)13(3)25-21(32)16(24)11-14-4-6-15(28)7-5-14/h4-7,12-13,16-18,28H,8-11,24H2,1-3H3,(H,25,32)(H,26,31)(H,27,33)(H,29,30)(H,34,35). The minimum absolute atomic E-state index is 0.0375. The average molecular weight is 495 g/mol. The van der Waals surface area contributed by atoms with Crippen LogP contribution in [0, 0.1) is 5.92 Å². The molecule has 1 rings (SSSR count). The number of phenols is 1. The summed E-state index contributed by atoms with van der Waals surface area (Å²) in [5, 5.41) is 34.8. The van der Waals surface area contributed by atoms with E-state index in [1.165, 1.54) is 19.1 Å². The summed E-state index contributed by atoms with van der Waals surface area (Å²) in [6.07, 6.45) is -0.428. The molecule has 0 aromatic heterocycles. The van der Waals surface area contributed by atoms with Gasteiger partial charge in [-0.3, -0.25) is 19.2 Å². The van der Waals surface area contributed by atoms with Crippen molar-refractivity contribution in [3.8, 4) is 5.75 Å². The lowest BCUT2D eigenvalue weighted by atomic mass is 10.0. The molecule has 0 aliphatic heterocycles. The molecule has 0 aliphatic rings. The van der Waals surface area contributed by atoms with Gasteiger partial charge in [0.15, 0.2) is 0 Å². The van der Waals surface area contributed by atoms with Crippen LogP contribution in [-0.4, -0.2) is 69.1 Å². The Morgan fingerprint density at radius 1 is 0.857 bits per heavy atom. The summed E-state index contributed by atoms with van der Waals surface area (Å²) in [6, 6.07) is 1.48. The number of aromatic hydroxyl groups is 1. The van der Waals surface area contributed by atoms with E-state index in [1.54, 1.807) is 26.0 Å². The highest BCUT2D eigenvalue weighted by Gasteiger charge is 2.29. The summed E-state index contributed by atoms with van der Waals surface area (Å²) in [5.41, 5.74) is 6.59. The SMILES string of the molecule is CC(C)CC(NC(=O)C(CCC(=O)O)NC(=O)C(C)NC(=O)C(N)Cc1ccc(O)cc1)C(=O)O.